The second kappa shape index (κ2) is 5.59. The van der Waals surface area contributed by atoms with Gasteiger partial charge in [-0.2, -0.15) is 5.10 Å². The molecule has 0 aliphatic carbocycles. The highest BCUT2D eigenvalue weighted by molar-refractivity contribution is 7.98. The van der Waals surface area contributed by atoms with E-state index in [1.165, 1.54) is 11.8 Å². The monoisotopic (exact) mass is 311 g/mol. The topological polar surface area (TPSA) is 77.7 Å². The van der Waals surface area contributed by atoms with Gasteiger partial charge in [-0.05, 0) is 6.26 Å². The van der Waals surface area contributed by atoms with Crippen LogP contribution in [0.2, 0.25) is 5.02 Å². The summed E-state index contributed by atoms with van der Waals surface area (Å²) < 4.78 is 0. The number of fused-ring (bicyclic) bond motifs is 1. The third kappa shape index (κ3) is 2.61. The lowest BCUT2D eigenvalue weighted by Gasteiger charge is -2.27. The van der Waals surface area contributed by atoms with Gasteiger partial charge in [0.05, 0.1) is 28.2 Å². The summed E-state index contributed by atoms with van der Waals surface area (Å²) in [5.41, 5.74) is 2.50. The molecular formula is C12H14ClN5OS. The number of hydrogen-bond donors (Lipinski definition) is 2. The molecule has 6 nitrogen and oxygen atoms in total. The molecule has 8 heteroatoms. The lowest BCUT2D eigenvalue weighted by atomic mass is 10.1. The maximum absolute atomic E-state index is 12.1. The van der Waals surface area contributed by atoms with Gasteiger partial charge in [-0.15, -0.1) is 0 Å². The summed E-state index contributed by atoms with van der Waals surface area (Å²) in [5, 5.41) is 8.09. The Morgan fingerprint density at radius 2 is 2.40 bits per heavy atom. The summed E-state index contributed by atoms with van der Waals surface area (Å²) in [5.74, 6) is 0. The van der Waals surface area contributed by atoms with Gasteiger partial charge < -0.3 is 4.98 Å². The number of H-pyrrole nitrogens is 2. The van der Waals surface area contributed by atoms with Crippen LogP contribution in [-0.2, 0) is 19.5 Å². The fourth-order valence-electron chi connectivity index (χ4n) is 2.32. The first-order valence-corrected chi connectivity index (χ1v) is 7.84. The van der Waals surface area contributed by atoms with E-state index in [2.05, 4.69) is 25.1 Å². The Morgan fingerprint density at radius 1 is 1.55 bits per heavy atom. The molecule has 2 aromatic rings. The Kier molecular flexibility index (Phi) is 3.82. The van der Waals surface area contributed by atoms with Crippen molar-refractivity contribution in [2.24, 2.45) is 0 Å². The third-order valence-electron chi connectivity index (χ3n) is 3.37. The van der Waals surface area contributed by atoms with Crippen LogP contribution in [0, 0.1) is 0 Å². The summed E-state index contributed by atoms with van der Waals surface area (Å²) in [7, 11) is 0. The normalized spacial score (nSPS) is 15.3. The Bertz CT molecular complexity index is 683. The van der Waals surface area contributed by atoms with Gasteiger partial charge in [-0.25, -0.2) is 4.98 Å². The van der Waals surface area contributed by atoms with Crippen LogP contribution in [-0.4, -0.2) is 37.9 Å². The molecular weight excluding hydrogens is 298 g/mol. The summed E-state index contributed by atoms with van der Waals surface area (Å²) >= 11 is 7.48. The van der Waals surface area contributed by atoms with Crippen LogP contribution in [0.15, 0.2) is 16.1 Å². The lowest BCUT2D eigenvalue weighted by Crippen LogP contribution is -2.35. The van der Waals surface area contributed by atoms with Gasteiger partial charge in [-0.1, -0.05) is 23.4 Å². The first kappa shape index (κ1) is 13.7. The Hall–Kier alpha value is -1.31. The Balaban J connectivity index is 1.82. The molecule has 2 aromatic heterocycles. The van der Waals surface area contributed by atoms with E-state index in [1.54, 1.807) is 6.20 Å². The van der Waals surface area contributed by atoms with Crippen molar-refractivity contribution < 1.29 is 0 Å². The molecule has 3 heterocycles. The highest BCUT2D eigenvalue weighted by atomic mass is 35.5. The third-order valence-corrected chi connectivity index (χ3v) is 4.27. The molecule has 0 fully saturated rings. The largest absolute Gasteiger partial charge is 0.301 e. The van der Waals surface area contributed by atoms with Crippen molar-refractivity contribution in [3.05, 3.63) is 38.5 Å². The van der Waals surface area contributed by atoms with Gasteiger partial charge >= 0.3 is 0 Å². The number of thioether (sulfide) groups is 1. The van der Waals surface area contributed by atoms with Crippen LogP contribution >= 0.6 is 23.4 Å². The number of nitrogens with one attached hydrogen (secondary N) is 2. The maximum atomic E-state index is 12.1. The van der Waals surface area contributed by atoms with E-state index in [9.17, 15) is 4.79 Å². The molecule has 0 saturated carbocycles. The van der Waals surface area contributed by atoms with E-state index in [0.717, 1.165) is 29.9 Å². The van der Waals surface area contributed by atoms with Crippen molar-refractivity contribution in [2.45, 2.75) is 24.7 Å². The number of hydrogen-bond acceptors (Lipinski definition) is 5. The molecule has 0 spiro atoms. The quantitative estimate of drug-likeness (QED) is 0.662. The van der Waals surface area contributed by atoms with Crippen molar-refractivity contribution in [3.8, 4) is 0 Å². The molecule has 3 rings (SSSR count). The zero-order valence-corrected chi connectivity index (χ0v) is 12.5. The van der Waals surface area contributed by atoms with Gasteiger partial charge in [0, 0.05) is 26.1 Å². The Labute approximate surface area is 124 Å². The van der Waals surface area contributed by atoms with Crippen molar-refractivity contribution in [3.63, 3.8) is 0 Å². The average molecular weight is 312 g/mol. The minimum atomic E-state index is -0.0419. The molecule has 0 unspecified atom stereocenters. The maximum Gasteiger partial charge on any atom is 0.256 e. The highest BCUT2D eigenvalue weighted by Crippen LogP contribution is 2.20. The number of rotatable bonds is 3. The minimum Gasteiger partial charge on any atom is -0.301 e. The van der Waals surface area contributed by atoms with Crippen molar-refractivity contribution >= 4 is 23.4 Å². The van der Waals surface area contributed by atoms with Crippen molar-refractivity contribution in [1.29, 1.82) is 0 Å². The summed E-state index contributed by atoms with van der Waals surface area (Å²) in [4.78, 5) is 21.5. The molecule has 2 N–H and O–H groups in total. The highest BCUT2D eigenvalue weighted by Gasteiger charge is 2.22. The van der Waals surface area contributed by atoms with Crippen LogP contribution in [0.3, 0.4) is 0 Å². The van der Waals surface area contributed by atoms with E-state index in [1.807, 2.05) is 6.26 Å². The standard InChI is InChI=1S/C12H14ClN5OS/c1-20-12-15-9-2-3-18(5-7(9)11(19)16-12)6-10-8(13)4-14-17-10/h4H,2-3,5-6H2,1H3,(H,14,17)(H,15,16,19). The van der Waals surface area contributed by atoms with Gasteiger partial charge in [0.15, 0.2) is 5.16 Å². The van der Waals surface area contributed by atoms with E-state index < -0.39 is 0 Å². The van der Waals surface area contributed by atoms with Crippen LogP contribution in [0.25, 0.3) is 0 Å². The van der Waals surface area contributed by atoms with Gasteiger partial charge in [0.2, 0.25) is 0 Å². The fraction of sp³-hybridized carbons (Fsp3) is 0.417. The predicted molar refractivity (Wildman–Crippen MR) is 78.1 cm³/mol. The van der Waals surface area contributed by atoms with Crippen molar-refractivity contribution in [2.75, 3.05) is 12.8 Å². The van der Waals surface area contributed by atoms with Crippen LogP contribution in [0.1, 0.15) is 17.0 Å². The number of nitrogens with zero attached hydrogens (tertiary/aromatic N) is 3. The lowest BCUT2D eigenvalue weighted by molar-refractivity contribution is 0.238. The summed E-state index contributed by atoms with van der Waals surface area (Å²) in [6, 6.07) is 0. The van der Waals surface area contributed by atoms with E-state index in [0.29, 0.717) is 23.3 Å². The van der Waals surface area contributed by atoms with Gasteiger partial charge in [0.1, 0.15) is 0 Å². The van der Waals surface area contributed by atoms with Gasteiger partial charge in [-0.3, -0.25) is 14.8 Å². The van der Waals surface area contributed by atoms with E-state index in [4.69, 9.17) is 11.6 Å². The van der Waals surface area contributed by atoms with Crippen molar-refractivity contribution in [1.82, 2.24) is 25.1 Å². The fourth-order valence-corrected chi connectivity index (χ4v) is 2.87. The zero-order chi connectivity index (χ0) is 14.1. The molecule has 0 atom stereocenters. The molecule has 20 heavy (non-hydrogen) atoms. The molecule has 106 valence electrons. The Morgan fingerprint density at radius 3 is 3.10 bits per heavy atom. The molecule has 0 radical (unpaired) electrons. The molecule has 0 amide bonds. The smallest absolute Gasteiger partial charge is 0.256 e. The molecule has 0 bridgehead atoms. The summed E-state index contributed by atoms with van der Waals surface area (Å²) in [6.45, 7) is 2.09. The predicted octanol–water partition coefficient (Wildman–Crippen LogP) is 1.43. The molecule has 1 aliphatic rings. The summed E-state index contributed by atoms with van der Waals surface area (Å²) in [6.07, 6.45) is 4.27. The average Bonchev–Trinajstić information content (AvgIpc) is 2.85. The molecule has 1 aliphatic heterocycles. The van der Waals surface area contributed by atoms with Crippen LogP contribution in [0.4, 0.5) is 0 Å². The zero-order valence-electron chi connectivity index (χ0n) is 10.9. The van der Waals surface area contributed by atoms with Gasteiger partial charge in [0.25, 0.3) is 5.56 Å². The van der Waals surface area contributed by atoms with Crippen LogP contribution in [0.5, 0.6) is 0 Å². The second-order valence-corrected chi connectivity index (χ2v) is 5.86. The van der Waals surface area contributed by atoms with E-state index in [-0.39, 0.29) is 5.56 Å². The second-order valence-electron chi connectivity index (χ2n) is 4.66. The molecule has 0 saturated heterocycles. The SMILES string of the molecule is CSc1nc2c(c(=O)[nH]1)CN(Cc1[nH]ncc1Cl)CC2. The number of halogens is 1. The number of aromatic nitrogens is 4. The minimum absolute atomic E-state index is 0.0419. The number of aromatic amines is 2. The van der Waals surface area contributed by atoms with E-state index >= 15 is 0 Å². The first-order valence-electron chi connectivity index (χ1n) is 6.23. The molecule has 0 aromatic carbocycles. The van der Waals surface area contributed by atoms with Crippen LogP contribution < -0.4 is 5.56 Å². The first-order chi connectivity index (χ1) is 9.67.